The van der Waals surface area contributed by atoms with E-state index in [0.29, 0.717) is 0 Å². The number of rotatable bonds is 4. The van der Waals surface area contributed by atoms with E-state index >= 15 is 0 Å². The van der Waals surface area contributed by atoms with Gasteiger partial charge in [-0.3, -0.25) is 9.80 Å². The van der Waals surface area contributed by atoms with Crippen LogP contribution in [0, 0.1) is 0 Å². The lowest BCUT2D eigenvalue weighted by atomic mass is 9.89. The van der Waals surface area contributed by atoms with Gasteiger partial charge in [-0.15, -0.1) is 0 Å². The lowest BCUT2D eigenvalue weighted by Crippen LogP contribution is -2.60. The molecule has 0 amide bonds. The van der Waals surface area contributed by atoms with E-state index in [4.69, 9.17) is 0 Å². The van der Waals surface area contributed by atoms with Crippen LogP contribution in [0.3, 0.4) is 0 Å². The molecule has 0 aromatic rings. The maximum Gasteiger partial charge on any atom is 0.0627 e. The predicted octanol–water partition coefficient (Wildman–Crippen LogP) is 3.62. The van der Waals surface area contributed by atoms with Crippen molar-refractivity contribution in [3.63, 3.8) is 0 Å². The first-order valence-electron chi connectivity index (χ1n) is 8.41. The quantitative estimate of drug-likeness (QED) is 0.703. The minimum Gasteiger partial charge on any atom is -0.285 e. The summed E-state index contributed by atoms with van der Waals surface area (Å²) in [7, 11) is 0. The SMILES string of the molecule is CCCCC[C@@H]1C[C@@H]2CCCCN2[C@@H]2CCCN12. The van der Waals surface area contributed by atoms with Crippen LogP contribution in [0.15, 0.2) is 0 Å². The molecule has 3 rings (SSSR count). The first kappa shape index (κ1) is 12.9. The van der Waals surface area contributed by atoms with Crippen LogP contribution in [-0.2, 0) is 0 Å². The molecule has 3 atom stereocenters. The van der Waals surface area contributed by atoms with Crippen molar-refractivity contribution in [1.29, 1.82) is 0 Å². The van der Waals surface area contributed by atoms with Crippen molar-refractivity contribution in [1.82, 2.24) is 9.80 Å². The number of nitrogens with zero attached hydrogens (tertiary/aromatic N) is 2. The van der Waals surface area contributed by atoms with Crippen LogP contribution < -0.4 is 0 Å². The fraction of sp³-hybridized carbons (Fsp3) is 1.00. The second-order valence-corrected chi connectivity index (χ2v) is 6.63. The molecule has 3 aliphatic heterocycles. The maximum atomic E-state index is 2.87. The van der Waals surface area contributed by atoms with E-state index in [9.17, 15) is 0 Å². The fourth-order valence-corrected chi connectivity index (χ4v) is 4.58. The number of hydrogen-bond acceptors (Lipinski definition) is 2. The lowest BCUT2D eigenvalue weighted by Gasteiger charge is -2.51. The summed E-state index contributed by atoms with van der Waals surface area (Å²) in [5, 5.41) is 0. The van der Waals surface area contributed by atoms with Crippen molar-refractivity contribution < 1.29 is 0 Å². The third kappa shape index (κ3) is 2.46. The summed E-state index contributed by atoms with van der Waals surface area (Å²) in [6, 6.07) is 1.85. The van der Waals surface area contributed by atoms with Crippen molar-refractivity contribution in [3.05, 3.63) is 0 Å². The molecule has 2 heteroatoms. The topological polar surface area (TPSA) is 6.48 Å². The van der Waals surface area contributed by atoms with Crippen LogP contribution in [0.5, 0.6) is 0 Å². The van der Waals surface area contributed by atoms with Crippen molar-refractivity contribution in [2.75, 3.05) is 13.1 Å². The zero-order valence-corrected chi connectivity index (χ0v) is 12.1. The minimum absolute atomic E-state index is 0.829. The van der Waals surface area contributed by atoms with Gasteiger partial charge < -0.3 is 0 Å². The molecule has 0 aromatic carbocycles. The molecule has 0 aliphatic carbocycles. The fourth-order valence-electron chi connectivity index (χ4n) is 4.58. The molecule has 3 saturated heterocycles. The highest BCUT2D eigenvalue weighted by atomic mass is 15.4. The molecule has 2 nitrogen and oxygen atoms in total. The van der Waals surface area contributed by atoms with Crippen LogP contribution in [0.2, 0.25) is 0 Å². The summed E-state index contributed by atoms with van der Waals surface area (Å²) in [5.74, 6) is 0. The maximum absolute atomic E-state index is 2.87. The zero-order chi connectivity index (χ0) is 12.4. The molecule has 0 spiro atoms. The Morgan fingerprint density at radius 3 is 2.72 bits per heavy atom. The van der Waals surface area contributed by atoms with Gasteiger partial charge in [0.25, 0.3) is 0 Å². The number of piperidine rings is 1. The molecule has 0 unspecified atom stereocenters. The monoisotopic (exact) mass is 250 g/mol. The second kappa shape index (κ2) is 5.92. The van der Waals surface area contributed by atoms with Crippen molar-refractivity contribution in [3.8, 4) is 0 Å². The Morgan fingerprint density at radius 2 is 1.83 bits per heavy atom. The van der Waals surface area contributed by atoms with E-state index in [-0.39, 0.29) is 0 Å². The number of hydrogen-bond donors (Lipinski definition) is 0. The molecule has 3 heterocycles. The Morgan fingerprint density at radius 1 is 0.944 bits per heavy atom. The highest BCUT2D eigenvalue weighted by molar-refractivity contribution is 4.96. The molecule has 18 heavy (non-hydrogen) atoms. The Bertz CT molecular complexity index is 266. The summed E-state index contributed by atoms with van der Waals surface area (Å²) >= 11 is 0. The van der Waals surface area contributed by atoms with Gasteiger partial charge in [-0.2, -0.15) is 0 Å². The van der Waals surface area contributed by atoms with Gasteiger partial charge in [0.15, 0.2) is 0 Å². The van der Waals surface area contributed by atoms with Crippen molar-refractivity contribution in [2.24, 2.45) is 0 Å². The standard InChI is InChI=1S/C16H30N2/c1-2-3-4-8-14-13-15-9-5-6-11-17(15)16-10-7-12-18(14)16/h14-16H,2-13H2,1H3/t14-,15+,16+/m1/s1. The molecule has 0 saturated carbocycles. The molecule has 3 fully saturated rings. The van der Waals surface area contributed by atoms with Gasteiger partial charge >= 0.3 is 0 Å². The highest BCUT2D eigenvalue weighted by Crippen LogP contribution is 2.38. The van der Waals surface area contributed by atoms with Gasteiger partial charge in [-0.1, -0.05) is 32.6 Å². The van der Waals surface area contributed by atoms with Crippen LogP contribution in [0.25, 0.3) is 0 Å². The molecule has 104 valence electrons. The Balaban J connectivity index is 1.64. The Labute approximate surface area is 113 Å². The largest absolute Gasteiger partial charge is 0.285 e. The van der Waals surface area contributed by atoms with Crippen molar-refractivity contribution in [2.45, 2.75) is 89.4 Å². The van der Waals surface area contributed by atoms with Gasteiger partial charge in [0.2, 0.25) is 0 Å². The molecule has 0 N–H and O–H groups in total. The van der Waals surface area contributed by atoms with E-state index in [2.05, 4.69) is 16.7 Å². The third-order valence-corrected chi connectivity index (χ3v) is 5.47. The van der Waals surface area contributed by atoms with Crippen LogP contribution >= 0.6 is 0 Å². The minimum atomic E-state index is 0.829. The normalized spacial score (nSPS) is 37.5. The van der Waals surface area contributed by atoms with Crippen LogP contribution in [0.1, 0.15) is 71.1 Å². The lowest BCUT2D eigenvalue weighted by molar-refractivity contribution is -0.0611. The van der Waals surface area contributed by atoms with E-state index in [1.54, 1.807) is 0 Å². The first-order valence-corrected chi connectivity index (χ1v) is 8.41. The molecule has 0 radical (unpaired) electrons. The second-order valence-electron chi connectivity index (χ2n) is 6.63. The predicted molar refractivity (Wildman–Crippen MR) is 76.6 cm³/mol. The molecular formula is C16H30N2. The summed E-state index contributed by atoms with van der Waals surface area (Å²) < 4.78 is 0. The molecule has 3 aliphatic rings. The first-order chi connectivity index (χ1) is 8.90. The van der Waals surface area contributed by atoms with E-state index in [0.717, 1.165) is 18.2 Å². The molecule has 0 bridgehead atoms. The summed E-state index contributed by atoms with van der Waals surface area (Å²) in [6.45, 7) is 5.08. The van der Waals surface area contributed by atoms with Crippen LogP contribution in [0.4, 0.5) is 0 Å². The summed E-state index contributed by atoms with van der Waals surface area (Å²) in [6.07, 6.45) is 15.3. The third-order valence-electron chi connectivity index (χ3n) is 5.47. The zero-order valence-electron chi connectivity index (χ0n) is 12.1. The average Bonchev–Trinajstić information content (AvgIpc) is 2.89. The Hall–Kier alpha value is -0.0800. The summed E-state index contributed by atoms with van der Waals surface area (Å²) in [5.41, 5.74) is 0. The van der Waals surface area contributed by atoms with Gasteiger partial charge in [0, 0.05) is 18.6 Å². The van der Waals surface area contributed by atoms with E-state index in [1.165, 1.54) is 77.3 Å². The number of unbranched alkanes of at least 4 members (excludes halogenated alkanes) is 2. The molecule has 0 aromatic heterocycles. The smallest absolute Gasteiger partial charge is 0.0627 e. The molecular weight excluding hydrogens is 220 g/mol. The van der Waals surface area contributed by atoms with Crippen molar-refractivity contribution >= 4 is 0 Å². The van der Waals surface area contributed by atoms with Gasteiger partial charge in [0.1, 0.15) is 0 Å². The van der Waals surface area contributed by atoms with Gasteiger partial charge in [0.05, 0.1) is 6.17 Å². The highest BCUT2D eigenvalue weighted by Gasteiger charge is 2.43. The van der Waals surface area contributed by atoms with Gasteiger partial charge in [-0.25, -0.2) is 0 Å². The van der Waals surface area contributed by atoms with E-state index < -0.39 is 0 Å². The average molecular weight is 250 g/mol. The summed E-state index contributed by atoms with van der Waals surface area (Å²) in [4.78, 5) is 5.74. The Kier molecular flexibility index (Phi) is 4.25. The van der Waals surface area contributed by atoms with E-state index in [1.807, 2.05) is 0 Å². The van der Waals surface area contributed by atoms with Crippen LogP contribution in [-0.4, -0.2) is 41.1 Å². The van der Waals surface area contributed by atoms with Gasteiger partial charge in [-0.05, 0) is 45.1 Å². The number of fused-ring (bicyclic) bond motifs is 3.